The molecule has 2 bridgehead atoms. The lowest BCUT2D eigenvalue weighted by molar-refractivity contribution is -0.130. The first-order chi connectivity index (χ1) is 20.6. The Bertz CT molecular complexity index is 1610. The maximum absolute atomic E-state index is 14.3. The number of carbonyl (C=O) groups excluding carboxylic acids is 1. The Balaban J connectivity index is 1.01. The van der Waals surface area contributed by atoms with Gasteiger partial charge in [0.2, 0.25) is 5.91 Å². The smallest absolute Gasteiger partial charge is 0.226 e. The third-order valence-corrected chi connectivity index (χ3v) is 10.1. The summed E-state index contributed by atoms with van der Waals surface area (Å²) in [6.45, 7) is 3.34. The van der Waals surface area contributed by atoms with Crippen molar-refractivity contribution in [2.24, 2.45) is 11.3 Å². The Morgan fingerprint density at radius 1 is 1.05 bits per heavy atom. The van der Waals surface area contributed by atoms with Crippen LogP contribution in [-0.4, -0.2) is 49.0 Å². The summed E-state index contributed by atoms with van der Waals surface area (Å²) in [6.07, 6.45) is 6.45. The predicted octanol–water partition coefficient (Wildman–Crippen LogP) is 5.90. The maximum atomic E-state index is 14.3. The van der Waals surface area contributed by atoms with Gasteiger partial charge < -0.3 is 20.1 Å². The van der Waals surface area contributed by atoms with Gasteiger partial charge in [0, 0.05) is 41.1 Å². The summed E-state index contributed by atoms with van der Waals surface area (Å²) in [7, 11) is 0. The maximum Gasteiger partial charge on any atom is 0.226 e. The Hall–Kier alpha value is -3.40. The van der Waals surface area contributed by atoms with Crippen LogP contribution < -0.4 is 15.4 Å². The number of nitrogens with zero attached hydrogens (tertiary/aromatic N) is 2. The van der Waals surface area contributed by atoms with Crippen LogP contribution in [0.1, 0.15) is 43.2 Å². The van der Waals surface area contributed by atoms with Gasteiger partial charge in [0.15, 0.2) is 0 Å². The molecule has 1 amide bonds. The fraction of sp³-hybridized carbons (Fsp3) is 0.424. The number of hydrogen-bond acceptors (Lipinski definition) is 7. The van der Waals surface area contributed by atoms with Crippen LogP contribution in [0, 0.1) is 17.2 Å². The number of ether oxygens (including phenoxy) is 2. The van der Waals surface area contributed by atoms with Crippen LogP contribution in [0.5, 0.6) is 5.75 Å². The van der Waals surface area contributed by atoms with Gasteiger partial charge in [-0.05, 0) is 91.8 Å². The van der Waals surface area contributed by atoms with Crippen LogP contribution in [0.3, 0.4) is 0 Å². The highest BCUT2D eigenvalue weighted by atomic mass is 32.1. The van der Waals surface area contributed by atoms with E-state index >= 15 is 0 Å². The number of thiophene rings is 1. The van der Waals surface area contributed by atoms with E-state index < -0.39 is 0 Å². The first-order valence-electron chi connectivity index (χ1n) is 15.0. The van der Waals surface area contributed by atoms with Gasteiger partial charge in [-0.15, -0.1) is 21.5 Å². The van der Waals surface area contributed by atoms with E-state index in [2.05, 4.69) is 45.1 Å². The van der Waals surface area contributed by atoms with Crippen molar-refractivity contribution in [3.05, 3.63) is 64.8 Å². The van der Waals surface area contributed by atoms with Gasteiger partial charge in [0.05, 0.1) is 17.9 Å². The lowest BCUT2D eigenvalue weighted by atomic mass is 9.83. The minimum absolute atomic E-state index is 0.130. The molecule has 42 heavy (non-hydrogen) atoms. The van der Waals surface area contributed by atoms with E-state index in [4.69, 9.17) is 9.47 Å². The van der Waals surface area contributed by atoms with Crippen molar-refractivity contribution in [3.8, 4) is 28.3 Å². The van der Waals surface area contributed by atoms with Gasteiger partial charge in [-0.1, -0.05) is 12.1 Å². The SMILES string of the molecule is O=C(NCCOCCOc1cc(F)ccc1-c1nnc(-c2ccc3c(c2)CCNC3)c2ccsc12)C12CCC(CC1)C2. The fourth-order valence-corrected chi connectivity index (χ4v) is 7.85. The molecule has 2 fully saturated rings. The van der Waals surface area contributed by atoms with E-state index in [0.29, 0.717) is 36.8 Å². The summed E-state index contributed by atoms with van der Waals surface area (Å²) in [5, 5.41) is 18.8. The molecule has 2 aromatic heterocycles. The number of benzene rings is 2. The zero-order valence-electron chi connectivity index (χ0n) is 23.6. The van der Waals surface area contributed by atoms with Crippen LogP contribution in [-0.2, 0) is 22.5 Å². The lowest BCUT2D eigenvalue weighted by Crippen LogP contribution is -2.39. The van der Waals surface area contributed by atoms with E-state index in [1.807, 2.05) is 5.38 Å². The molecule has 0 saturated heterocycles. The van der Waals surface area contributed by atoms with Crippen molar-refractivity contribution < 1.29 is 18.7 Å². The molecule has 4 aromatic rings. The largest absolute Gasteiger partial charge is 0.490 e. The number of carbonyl (C=O) groups is 1. The van der Waals surface area contributed by atoms with E-state index in [1.54, 1.807) is 17.4 Å². The van der Waals surface area contributed by atoms with E-state index in [1.165, 1.54) is 36.1 Å². The van der Waals surface area contributed by atoms with Crippen molar-refractivity contribution >= 4 is 27.3 Å². The summed E-state index contributed by atoms with van der Waals surface area (Å²) < 4.78 is 27.0. The van der Waals surface area contributed by atoms with Crippen LogP contribution in [0.15, 0.2) is 47.8 Å². The molecule has 2 N–H and O–H groups in total. The van der Waals surface area contributed by atoms with Gasteiger partial charge in [0.1, 0.15) is 29.6 Å². The van der Waals surface area contributed by atoms with E-state index in [0.717, 1.165) is 66.0 Å². The normalized spacial score (nSPS) is 21.0. The van der Waals surface area contributed by atoms with Gasteiger partial charge in [-0.25, -0.2) is 4.39 Å². The van der Waals surface area contributed by atoms with Gasteiger partial charge >= 0.3 is 0 Å². The standard InChI is InChI=1S/C33H35FN4O3S/c34-25-3-4-26(28(18-25)41-15-14-40-13-12-36-32(39)33-9-5-21(19-33)6-10-33)30-31-27(8-16-42-31)29(37-38-30)23-1-2-24-20-35-11-7-22(24)17-23/h1-4,8,16-18,21,35H,5-7,9-15,19-20H2,(H,36,39). The molecule has 7 rings (SSSR count). The molecular weight excluding hydrogens is 551 g/mol. The molecule has 2 aromatic carbocycles. The first kappa shape index (κ1) is 27.4. The molecule has 218 valence electrons. The third kappa shape index (κ3) is 5.29. The topological polar surface area (TPSA) is 85.4 Å². The molecular formula is C33H35FN4O3S. The monoisotopic (exact) mass is 586 g/mol. The van der Waals surface area contributed by atoms with Crippen LogP contribution in [0.4, 0.5) is 4.39 Å². The van der Waals surface area contributed by atoms with E-state index in [9.17, 15) is 9.18 Å². The molecule has 9 heteroatoms. The van der Waals surface area contributed by atoms with Crippen LogP contribution in [0.25, 0.3) is 32.6 Å². The molecule has 1 aliphatic heterocycles. The molecule has 0 unspecified atom stereocenters. The first-order valence-corrected chi connectivity index (χ1v) is 15.8. The highest BCUT2D eigenvalue weighted by Crippen LogP contribution is 2.54. The second-order valence-electron chi connectivity index (χ2n) is 11.8. The summed E-state index contributed by atoms with van der Waals surface area (Å²) in [5.41, 5.74) is 5.81. The highest BCUT2D eigenvalue weighted by Gasteiger charge is 2.49. The molecule has 0 spiro atoms. The van der Waals surface area contributed by atoms with Crippen molar-refractivity contribution in [2.75, 3.05) is 32.9 Å². The minimum Gasteiger partial charge on any atom is -0.490 e. The van der Waals surface area contributed by atoms with Gasteiger partial charge in [-0.3, -0.25) is 4.79 Å². The quantitative estimate of drug-likeness (QED) is 0.225. The Kier molecular flexibility index (Phi) is 7.65. The molecule has 0 atom stereocenters. The van der Waals surface area contributed by atoms with E-state index in [-0.39, 0.29) is 23.7 Å². The number of hydrogen-bond donors (Lipinski definition) is 2. The summed E-state index contributed by atoms with van der Waals surface area (Å²) >= 11 is 1.59. The molecule has 0 radical (unpaired) electrons. The number of rotatable bonds is 10. The van der Waals surface area contributed by atoms with Gasteiger partial charge in [0.25, 0.3) is 0 Å². The van der Waals surface area contributed by atoms with Crippen molar-refractivity contribution in [1.29, 1.82) is 0 Å². The summed E-state index contributed by atoms with van der Waals surface area (Å²) in [4.78, 5) is 12.7. The van der Waals surface area contributed by atoms with Crippen LogP contribution in [0.2, 0.25) is 0 Å². The Labute approximate surface area is 248 Å². The minimum atomic E-state index is -0.381. The molecule has 2 aliphatic carbocycles. The number of fused-ring (bicyclic) bond motifs is 4. The average molecular weight is 587 g/mol. The number of nitrogens with one attached hydrogen (secondary N) is 2. The van der Waals surface area contributed by atoms with Gasteiger partial charge in [-0.2, -0.15) is 0 Å². The van der Waals surface area contributed by atoms with Crippen molar-refractivity contribution in [3.63, 3.8) is 0 Å². The van der Waals surface area contributed by atoms with Crippen LogP contribution >= 0.6 is 11.3 Å². The molecule has 3 aliphatic rings. The number of halogens is 1. The average Bonchev–Trinajstić information content (AvgIpc) is 3.78. The lowest BCUT2D eigenvalue weighted by Gasteiger charge is -2.25. The number of aromatic nitrogens is 2. The Morgan fingerprint density at radius 3 is 2.79 bits per heavy atom. The number of amides is 1. The highest BCUT2D eigenvalue weighted by molar-refractivity contribution is 7.17. The third-order valence-electron chi connectivity index (χ3n) is 9.19. The van der Waals surface area contributed by atoms with Crippen molar-refractivity contribution in [1.82, 2.24) is 20.8 Å². The zero-order chi connectivity index (χ0) is 28.5. The molecule has 7 nitrogen and oxygen atoms in total. The fourth-order valence-electron chi connectivity index (χ4n) is 6.95. The zero-order valence-corrected chi connectivity index (χ0v) is 24.4. The predicted molar refractivity (Wildman–Crippen MR) is 162 cm³/mol. The molecule has 2 saturated carbocycles. The Morgan fingerprint density at radius 2 is 1.93 bits per heavy atom. The van der Waals surface area contributed by atoms with Crippen molar-refractivity contribution in [2.45, 2.75) is 45.1 Å². The summed E-state index contributed by atoms with van der Waals surface area (Å²) in [6, 6.07) is 13.1. The molecule has 3 heterocycles. The second kappa shape index (κ2) is 11.7. The second-order valence-corrected chi connectivity index (χ2v) is 12.7. The summed E-state index contributed by atoms with van der Waals surface area (Å²) in [5.74, 6) is 0.945.